The Balaban J connectivity index is 1.62. The minimum Gasteiger partial charge on any atom is -0.445 e. The SMILES string of the molecule is Cc1ccc(-c2ncco2)cc1-c1ccc(/N=C/c2c(F)cccc2F)cc1. The predicted octanol–water partition coefficient (Wildman–Crippen LogP) is 6.35. The van der Waals surface area contributed by atoms with Crippen molar-refractivity contribution < 1.29 is 13.2 Å². The third kappa shape index (κ3) is 3.60. The summed E-state index contributed by atoms with van der Waals surface area (Å²) in [5, 5.41) is 0. The Morgan fingerprint density at radius 1 is 0.929 bits per heavy atom. The van der Waals surface area contributed by atoms with Gasteiger partial charge in [-0.3, -0.25) is 4.99 Å². The van der Waals surface area contributed by atoms with Gasteiger partial charge in [0.15, 0.2) is 0 Å². The second kappa shape index (κ2) is 7.56. The molecule has 0 aliphatic carbocycles. The molecule has 28 heavy (non-hydrogen) atoms. The molecule has 0 spiro atoms. The molecule has 1 heterocycles. The monoisotopic (exact) mass is 374 g/mol. The van der Waals surface area contributed by atoms with Gasteiger partial charge in [0.05, 0.1) is 17.4 Å². The molecule has 3 nitrogen and oxygen atoms in total. The fraction of sp³-hybridized carbons (Fsp3) is 0.0435. The highest BCUT2D eigenvalue weighted by atomic mass is 19.1. The molecule has 0 radical (unpaired) electrons. The van der Waals surface area contributed by atoms with Gasteiger partial charge in [-0.2, -0.15) is 0 Å². The van der Waals surface area contributed by atoms with Gasteiger partial charge in [-0.25, -0.2) is 13.8 Å². The molecule has 0 saturated heterocycles. The Bertz CT molecular complexity index is 1110. The van der Waals surface area contributed by atoms with Crippen LogP contribution in [-0.4, -0.2) is 11.2 Å². The first-order valence-corrected chi connectivity index (χ1v) is 8.71. The fourth-order valence-corrected chi connectivity index (χ4v) is 2.93. The minimum absolute atomic E-state index is 0.152. The molecule has 0 fully saturated rings. The van der Waals surface area contributed by atoms with Gasteiger partial charge in [-0.15, -0.1) is 0 Å². The highest BCUT2D eigenvalue weighted by Crippen LogP contribution is 2.30. The maximum atomic E-state index is 13.7. The standard InChI is InChI=1S/C23H16F2N2O/c1-15-5-6-17(23-26-11-12-28-23)13-19(15)16-7-9-18(10-8-16)27-14-20-21(24)3-2-4-22(20)25/h2-14H,1H3/b27-14+. The number of benzene rings is 3. The smallest absolute Gasteiger partial charge is 0.225 e. The van der Waals surface area contributed by atoms with Gasteiger partial charge >= 0.3 is 0 Å². The zero-order valence-electron chi connectivity index (χ0n) is 15.1. The van der Waals surface area contributed by atoms with Crippen LogP contribution in [-0.2, 0) is 0 Å². The molecule has 0 aliphatic rings. The number of hydrogen-bond acceptors (Lipinski definition) is 3. The van der Waals surface area contributed by atoms with Crippen LogP contribution in [0.3, 0.4) is 0 Å². The fourth-order valence-electron chi connectivity index (χ4n) is 2.93. The Hall–Kier alpha value is -3.60. The van der Waals surface area contributed by atoms with Crippen molar-refractivity contribution >= 4 is 11.9 Å². The Morgan fingerprint density at radius 2 is 1.64 bits per heavy atom. The van der Waals surface area contributed by atoms with Crippen molar-refractivity contribution in [3.8, 4) is 22.6 Å². The lowest BCUT2D eigenvalue weighted by atomic mass is 9.98. The van der Waals surface area contributed by atoms with E-state index in [1.54, 1.807) is 12.5 Å². The summed E-state index contributed by atoms with van der Waals surface area (Å²) in [7, 11) is 0. The van der Waals surface area contributed by atoms with Crippen molar-refractivity contribution in [2.45, 2.75) is 6.92 Å². The molecule has 3 aromatic carbocycles. The molecule has 1 aromatic heterocycles. The lowest BCUT2D eigenvalue weighted by molar-refractivity contribution is 0.574. The molecule has 5 heteroatoms. The Kier molecular flexibility index (Phi) is 4.81. The van der Waals surface area contributed by atoms with Crippen LogP contribution in [0.5, 0.6) is 0 Å². The van der Waals surface area contributed by atoms with Gasteiger partial charge in [0.2, 0.25) is 5.89 Å². The van der Waals surface area contributed by atoms with E-state index >= 15 is 0 Å². The first-order chi connectivity index (χ1) is 13.6. The number of rotatable bonds is 4. The van der Waals surface area contributed by atoms with E-state index in [2.05, 4.69) is 9.98 Å². The highest BCUT2D eigenvalue weighted by Gasteiger charge is 2.08. The van der Waals surface area contributed by atoms with Gasteiger partial charge in [0, 0.05) is 11.8 Å². The van der Waals surface area contributed by atoms with E-state index in [9.17, 15) is 8.78 Å². The van der Waals surface area contributed by atoms with E-state index in [4.69, 9.17) is 4.42 Å². The van der Waals surface area contributed by atoms with E-state index in [0.717, 1.165) is 22.3 Å². The summed E-state index contributed by atoms with van der Waals surface area (Å²) >= 11 is 0. The summed E-state index contributed by atoms with van der Waals surface area (Å²) < 4.78 is 32.8. The van der Waals surface area contributed by atoms with Crippen LogP contribution in [0.2, 0.25) is 0 Å². The van der Waals surface area contributed by atoms with Crippen LogP contribution >= 0.6 is 0 Å². The summed E-state index contributed by atoms with van der Waals surface area (Å²) in [6.07, 6.45) is 4.36. The van der Waals surface area contributed by atoms with E-state index in [-0.39, 0.29) is 5.56 Å². The van der Waals surface area contributed by atoms with Crippen LogP contribution in [0.1, 0.15) is 11.1 Å². The Morgan fingerprint density at radius 3 is 2.32 bits per heavy atom. The van der Waals surface area contributed by atoms with Crippen molar-refractivity contribution in [2.24, 2.45) is 4.99 Å². The van der Waals surface area contributed by atoms with Gasteiger partial charge in [-0.1, -0.05) is 24.3 Å². The molecule has 0 unspecified atom stereocenters. The molecule has 0 N–H and O–H groups in total. The lowest BCUT2D eigenvalue weighted by Gasteiger charge is -2.08. The van der Waals surface area contributed by atoms with E-state index in [1.807, 2.05) is 49.4 Å². The summed E-state index contributed by atoms with van der Waals surface area (Å²) in [4.78, 5) is 8.37. The third-order valence-electron chi connectivity index (χ3n) is 4.44. The summed E-state index contributed by atoms with van der Waals surface area (Å²) in [5.41, 5.74) is 4.50. The molecular formula is C23H16F2N2O. The number of halogens is 2. The number of oxazole rings is 1. The summed E-state index contributed by atoms with van der Waals surface area (Å²) in [5.74, 6) is -0.715. The average Bonchev–Trinajstić information content (AvgIpc) is 3.23. The normalized spacial score (nSPS) is 11.2. The van der Waals surface area contributed by atoms with Crippen molar-refractivity contribution in [1.82, 2.24) is 4.98 Å². The average molecular weight is 374 g/mol. The zero-order valence-corrected chi connectivity index (χ0v) is 15.1. The van der Waals surface area contributed by atoms with Crippen LogP contribution in [0.25, 0.3) is 22.6 Å². The number of aromatic nitrogens is 1. The first-order valence-electron chi connectivity index (χ1n) is 8.71. The molecule has 0 amide bonds. The first kappa shape index (κ1) is 17.8. The molecule has 4 aromatic rings. The van der Waals surface area contributed by atoms with Crippen LogP contribution < -0.4 is 0 Å². The van der Waals surface area contributed by atoms with Gasteiger partial charge < -0.3 is 4.42 Å². The van der Waals surface area contributed by atoms with Gasteiger partial charge in [0.25, 0.3) is 0 Å². The number of hydrogen-bond donors (Lipinski definition) is 0. The second-order valence-corrected chi connectivity index (χ2v) is 6.31. The number of aliphatic imine (C=N–C) groups is 1. The molecule has 0 aliphatic heterocycles. The van der Waals surface area contributed by atoms with Crippen molar-refractivity contribution in [1.29, 1.82) is 0 Å². The van der Waals surface area contributed by atoms with Gasteiger partial charge in [-0.05, 0) is 60.0 Å². The second-order valence-electron chi connectivity index (χ2n) is 6.31. The summed E-state index contributed by atoms with van der Waals surface area (Å²) in [6, 6.07) is 17.2. The van der Waals surface area contributed by atoms with Crippen molar-refractivity contribution in [2.75, 3.05) is 0 Å². The van der Waals surface area contributed by atoms with Crippen LogP contribution in [0.15, 0.2) is 82.5 Å². The predicted molar refractivity (Wildman–Crippen MR) is 106 cm³/mol. The lowest BCUT2D eigenvalue weighted by Crippen LogP contribution is -1.92. The molecular weight excluding hydrogens is 358 g/mol. The summed E-state index contributed by atoms with van der Waals surface area (Å²) in [6.45, 7) is 2.03. The molecule has 0 bridgehead atoms. The maximum Gasteiger partial charge on any atom is 0.225 e. The zero-order chi connectivity index (χ0) is 19.5. The number of nitrogens with zero attached hydrogens (tertiary/aromatic N) is 2. The third-order valence-corrected chi connectivity index (χ3v) is 4.44. The Labute approximate surface area is 161 Å². The van der Waals surface area contributed by atoms with Crippen molar-refractivity contribution in [3.05, 3.63) is 95.9 Å². The number of aryl methyl sites for hydroxylation is 1. The van der Waals surface area contributed by atoms with Crippen molar-refractivity contribution in [3.63, 3.8) is 0 Å². The van der Waals surface area contributed by atoms with Gasteiger partial charge in [0.1, 0.15) is 17.9 Å². The van der Waals surface area contributed by atoms with E-state index in [0.29, 0.717) is 11.6 Å². The molecule has 4 rings (SSSR count). The molecule has 0 atom stereocenters. The van der Waals surface area contributed by atoms with E-state index in [1.165, 1.54) is 24.4 Å². The highest BCUT2D eigenvalue weighted by molar-refractivity contribution is 5.83. The van der Waals surface area contributed by atoms with Crippen LogP contribution in [0, 0.1) is 18.6 Å². The molecule has 0 saturated carbocycles. The van der Waals surface area contributed by atoms with E-state index < -0.39 is 11.6 Å². The van der Waals surface area contributed by atoms with Crippen LogP contribution in [0.4, 0.5) is 14.5 Å². The minimum atomic E-state index is -0.639. The quantitative estimate of drug-likeness (QED) is 0.391. The topological polar surface area (TPSA) is 38.4 Å². The molecule has 138 valence electrons. The maximum absolute atomic E-state index is 13.7. The largest absolute Gasteiger partial charge is 0.445 e.